The van der Waals surface area contributed by atoms with Gasteiger partial charge in [-0.15, -0.1) is 0 Å². The van der Waals surface area contributed by atoms with Crippen molar-refractivity contribution in [2.24, 2.45) is 27.9 Å². The molecule has 12 N–H and O–H groups in total. The molecular formula is C19H34N8O7. The fraction of sp³-hybridized carbons (Fsp3) is 0.684. The molecule has 15 nitrogen and oxygen atoms in total. The van der Waals surface area contributed by atoms with Crippen molar-refractivity contribution < 1.29 is 34.2 Å². The number of hydrogen-bond donors (Lipinski definition) is 8. The van der Waals surface area contributed by atoms with Gasteiger partial charge in [0.2, 0.25) is 23.6 Å². The third-order valence-electron chi connectivity index (χ3n) is 5.23. The van der Waals surface area contributed by atoms with E-state index in [0.717, 1.165) is 0 Å². The molecule has 1 rings (SSSR count). The number of primary amides is 1. The van der Waals surface area contributed by atoms with E-state index >= 15 is 0 Å². The summed E-state index contributed by atoms with van der Waals surface area (Å²) in [4.78, 5) is 65.2. The van der Waals surface area contributed by atoms with Gasteiger partial charge in [0.05, 0.1) is 12.6 Å². The zero-order chi connectivity index (χ0) is 25.8. The summed E-state index contributed by atoms with van der Waals surface area (Å²) in [6, 6.07) is -4.67. The summed E-state index contributed by atoms with van der Waals surface area (Å²) in [6.07, 6.45) is 0.920. The molecule has 0 spiro atoms. The molecule has 1 aliphatic rings. The fourth-order valence-corrected chi connectivity index (χ4v) is 3.43. The van der Waals surface area contributed by atoms with E-state index in [4.69, 9.17) is 22.9 Å². The maximum absolute atomic E-state index is 12.9. The number of guanidine groups is 1. The number of hydrogen-bond acceptors (Lipinski definition) is 8. The Labute approximate surface area is 196 Å². The van der Waals surface area contributed by atoms with Gasteiger partial charge in [0.25, 0.3) is 0 Å². The SMILES string of the molecule is NC(=O)CCC(NC(=O)C1CCCN1C(=O)C(CO)NC(=O)C(N)CCCN=C(N)N)C(=O)O. The van der Waals surface area contributed by atoms with Gasteiger partial charge in [-0.3, -0.25) is 24.2 Å². The molecular weight excluding hydrogens is 452 g/mol. The summed E-state index contributed by atoms with van der Waals surface area (Å²) in [6.45, 7) is -0.285. The molecule has 0 aromatic rings. The molecule has 1 heterocycles. The van der Waals surface area contributed by atoms with E-state index in [2.05, 4.69) is 15.6 Å². The summed E-state index contributed by atoms with van der Waals surface area (Å²) < 4.78 is 0. The molecule has 4 amide bonds. The molecule has 1 aliphatic heterocycles. The highest BCUT2D eigenvalue weighted by Gasteiger charge is 2.39. The number of carbonyl (C=O) groups is 5. The molecule has 0 aromatic heterocycles. The largest absolute Gasteiger partial charge is 0.480 e. The van der Waals surface area contributed by atoms with Gasteiger partial charge in [-0.05, 0) is 32.1 Å². The number of nitrogens with one attached hydrogen (secondary N) is 2. The topological polar surface area (TPSA) is 270 Å². The van der Waals surface area contributed by atoms with Gasteiger partial charge in [-0.1, -0.05) is 0 Å². The summed E-state index contributed by atoms with van der Waals surface area (Å²) >= 11 is 0. The molecule has 34 heavy (non-hydrogen) atoms. The molecule has 0 bridgehead atoms. The fourth-order valence-electron chi connectivity index (χ4n) is 3.43. The van der Waals surface area contributed by atoms with Crippen molar-refractivity contribution in [1.29, 1.82) is 0 Å². The maximum atomic E-state index is 12.9. The second kappa shape index (κ2) is 13.9. The highest BCUT2D eigenvalue weighted by atomic mass is 16.4. The summed E-state index contributed by atoms with van der Waals surface area (Å²) in [5.74, 6) is -4.24. The number of aliphatic hydroxyl groups excluding tert-OH is 1. The first kappa shape index (κ1) is 28.6. The predicted octanol–water partition coefficient (Wildman–Crippen LogP) is -4.33. The van der Waals surface area contributed by atoms with Crippen LogP contribution in [0.2, 0.25) is 0 Å². The lowest BCUT2D eigenvalue weighted by Gasteiger charge is -2.29. The first-order valence-corrected chi connectivity index (χ1v) is 10.8. The lowest BCUT2D eigenvalue weighted by atomic mass is 10.1. The van der Waals surface area contributed by atoms with Crippen LogP contribution in [0.25, 0.3) is 0 Å². The van der Waals surface area contributed by atoms with Crippen LogP contribution in [0.1, 0.15) is 38.5 Å². The van der Waals surface area contributed by atoms with Gasteiger partial charge in [0.1, 0.15) is 18.1 Å². The van der Waals surface area contributed by atoms with Crippen molar-refractivity contribution in [2.75, 3.05) is 19.7 Å². The van der Waals surface area contributed by atoms with Crippen LogP contribution in [0, 0.1) is 0 Å². The normalized spacial score (nSPS) is 17.8. The molecule has 0 aliphatic carbocycles. The van der Waals surface area contributed by atoms with E-state index in [-0.39, 0.29) is 44.7 Å². The zero-order valence-corrected chi connectivity index (χ0v) is 18.8. The van der Waals surface area contributed by atoms with Gasteiger partial charge in [-0.25, -0.2) is 4.79 Å². The number of aliphatic imine (C=N–C) groups is 1. The Balaban J connectivity index is 2.74. The minimum Gasteiger partial charge on any atom is -0.480 e. The van der Waals surface area contributed by atoms with E-state index in [1.54, 1.807) is 0 Å². The molecule has 1 saturated heterocycles. The number of likely N-dealkylation sites (tertiary alicyclic amines) is 1. The number of nitrogens with zero attached hydrogens (tertiary/aromatic N) is 2. The van der Waals surface area contributed by atoms with Gasteiger partial charge >= 0.3 is 5.97 Å². The number of carboxylic acid groups (broad SMARTS) is 1. The average Bonchev–Trinajstić information content (AvgIpc) is 3.26. The predicted molar refractivity (Wildman–Crippen MR) is 120 cm³/mol. The molecule has 0 radical (unpaired) electrons. The van der Waals surface area contributed by atoms with Crippen LogP contribution >= 0.6 is 0 Å². The number of aliphatic hydroxyl groups is 1. The highest BCUT2D eigenvalue weighted by Crippen LogP contribution is 2.19. The minimum atomic E-state index is -1.36. The summed E-state index contributed by atoms with van der Waals surface area (Å²) in [5, 5.41) is 23.6. The number of carboxylic acids is 1. The number of amides is 4. The van der Waals surface area contributed by atoms with E-state index in [9.17, 15) is 34.2 Å². The second-order valence-electron chi connectivity index (χ2n) is 7.89. The highest BCUT2D eigenvalue weighted by molar-refractivity contribution is 5.94. The van der Waals surface area contributed by atoms with Crippen LogP contribution in [-0.4, -0.2) is 94.5 Å². The van der Waals surface area contributed by atoms with E-state index in [1.165, 1.54) is 4.90 Å². The Morgan fingerprint density at radius 1 is 1.06 bits per heavy atom. The van der Waals surface area contributed by atoms with Gasteiger partial charge in [-0.2, -0.15) is 0 Å². The molecule has 4 unspecified atom stereocenters. The van der Waals surface area contributed by atoms with Crippen molar-refractivity contribution in [2.45, 2.75) is 62.7 Å². The first-order chi connectivity index (χ1) is 16.0. The van der Waals surface area contributed by atoms with Crippen molar-refractivity contribution >= 4 is 35.6 Å². The standard InChI is InChI=1S/C19H34N8O7/c20-10(3-1-7-24-19(22)23)15(30)26-12(9-28)17(32)27-8-2-4-13(27)16(31)25-11(18(33)34)5-6-14(21)29/h10-13,28H,1-9,20H2,(H2,21,29)(H,25,31)(H,26,30)(H,33,34)(H4,22,23,24). The van der Waals surface area contributed by atoms with Crippen LogP contribution < -0.4 is 33.6 Å². The summed E-state index contributed by atoms with van der Waals surface area (Å²) in [5.41, 5.74) is 21.3. The molecule has 4 atom stereocenters. The van der Waals surface area contributed by atoms with Gasteiger partial charge < -0.3 is 48.7 Å². The van der Waals surface area contributed by atoms with Crippen LogP contribution in [-0.2, 0) is 24.0 Å². The third-order valence-corrected chi connectivity index (χ3v) is 5.23. The monoisotopic (exact) mass is 486 g/mol. The van der Waals surface area contributed by atoms with Crippen molar-refractivity contribution in [3.63, 3.8) is 0 Å². The molecule has 15 heteroatoms. The molecule has 0 saturated carbocycles. The van der Waals surface area contributed by atoms with E-state index in [0.29, 0.717) is 12.8 Å². The Hall–Kier alpha value is -3.46. The van der Waals surface area contributed by atoms with Crippen LogP contribution in [0.3, 0.4) is 0 Å². The van der Waals surface area contributed by atoms with Crippen LogP contribution in [0.5, 0.6) is 0 Å². The number of carbonyl (C=O) groups excluding carboxylic acids is 4. The molecule has 1 fully saturated rings. The maximum Gasteiger partial charge on any atom is 0.326 e. The molecule has 0 aromatic carbocycles. The minimum absolute atomic E-state index is 0.0873. The van der Waals surface area contributed by atoms with Crippen LogP contribution in [0.15, 0.2) is 4.99 Å². The Morgan fingerprint density at radius 3 is 2.29 bits per heavy atom. The number of nitrogens with two attached hydrogens (primary N) is 4. The zero-order valence-electron chi connectivity index (χ0n) is 18.8. The number of rotatable bonds is 14. The van der Waals surface area contributed by atoms with E-state index in [1.807, 2.05) is 0 Å². The van der Waals surface area contributed by atoms with Crippen molar-refractivity contribution in [1.82, 2.24) is 15.5 Å². The van der Waals surface area contributed by atoms with E-state index < -0.39 is 60.4 Å². The lowest BCUT2D eigenvalue weighted by Crippen LogP contribution is -2.57. The van der Waals surface area contributed by atoms with Gasteiger partial charge in [0.15, 0.2) is 5.96 Å². The lowest BCUT2D eigenvalue weighted by molar-refractivity contribution is -0.145. The Kier molecular flexibility index (Phi) is 11.7. The average molecular weight is 487 g/mol. The van der Waals surface area contributed by atoms with Crippen molar-refractivity contribution in [3.05, 3.63) is 0 Å². The quantitative estimate of drug-likeness (QED) is 0.0664. The second-order valence-corrected chi connectivity index (χ2v) is 7.89. The first-order valence-electron chi connectivity index (χ1n) is 10.8. The Bertz CT molecular complexity index is 787. The molecule has 192 valence electrons. The van der Waals surface area contributed by atoms with Crippen LogP contribution in [0.4, 0.5) is 0 Å². The van der Waals surface area contributed by atoms with Gasteiger partial charge in [0, 0.05) is 19.5 Å². The summed E-state index contributed by atoms with van der Waals surface area (Å²) in [7, 11) is 0. The third kappa shape index (κ3) is 9.19. The Morgan fingerprint density at radius 2 is 1.74 bits per heavy atom. The number of aliphatic carboxylic acids is 1. The smallest absolute Gasteiger partial charge is 0.326 e. The van der Waals surface area contributed by atoms with Crippen molar-refractivity contribution in [3.8, 4) is 0 Å².